The van der Waals surface area contributed by atoms with Gasteiger partial charge in [0.2, 0.25) is 15.6 Å². The van der Waals surface area contributed by atoms with Gasteiger partial charge in [-0.25, -0.2) is 13.2 Å². The van der Waals surface area contributed by atoms with Crippen molar-refractivity contribution in [3.8, 4) is 11.5 Å². The van der Waals surface area contributed by atoms with E-state index in [0.717, 1.165) is 24.3 Å². The van der Waals surface area contributed by atoms with E-state index in [1.807, 2.05) is 0 Å². The normalized spacial score (nSPS) is 11.0. The Kier molecular flexibility index (Phi) is 8.40. The highest BCUT2D eigenvalue weighted by Gasteiger charge is 2.31. The van der Waals surface area contributed by atoms with Gasteiger partial charge in [0.1, 0.15) is 10.6 Å². The summed E-state index contributed by atoms with van der Waals surface area (Å²) >= 11 is 6.02. The van der Waals surface area contributed by atoms with E-state index >= 15 is 0 Å². The second-order valence-electron chi connectivity index (χ2n) is 8.20. The number of rotatable bonds is 10. The summed E-state index contributed by atoms with van der Waals surface area (Å²) in [6.07, 6.45) is 0. The monoisotopic (exact) mass is 596 g/mol. The van der Waals surface area contributed by atoms with Crippen LogP contribution in [0.15, 0.2) is 101 Å². The first-order valence-corrected chi connectivity index (χ1v) is 13.4. The van der Waals surface area contributed by atoms with Crippen LogP contribution in [0.3, 0.4) is 0 Å². The maximum absolute atomic E-state index is 13.2. The number of para-hydroxylation sites is 2. The van der Waals surface area contributed by atoms with Crippen LogP contribution in [-0.2, 0) is 14.6 Å². The zero-order chi connectivity index (χ0) is 29.7. The maximum atomic E-state index is 13.2. The Balaban J connectivity index is 1.49. The number of carbonyl (C=O) groups is 2. The highest BCUT2D eigenvalue weighted by Crippen LogP contribution is 2.38. The second kappa shape index (κ2) is 11.9. The molecule has 0 atom stereocenters. The Labute approximate surface area is 236 Å². The van der Waals surface area contributed by atoms with Crippen molar-refractivity contribution in [1.29, 1.82) is 0 Å². The lowest BCUT2D eigenvalue weighted by molar-refractivity contribution is -0.387. The fourth-order valence-electron chi connectivity index (χ4n) is 3.68. The number of halogens is 1. The largest absolute Gasteiger partial charge is 0.454 e. The van der Waals surface area contributed by atoms with Crippen molar-refractivity contribution in [3.63, 3.8) is 0 Å². The summed E-state index contributed by atoms with van der Waals surface area (Å²) in [4.78, 5) is 45.4. The minimum atomic E-state index is -4.52. The molecule has 4 aromatic carbocycles. The first-order valence-electron chi connectivity index (χ1n) is 11.5. The third-order valence-electron chi connectivity index (χ3n) is 5.62. The van der Waals surface area contributed by atoms with Crippen LogP contribution in [0.1, 0.15) is 20.7 Å². The number of carbonyl (C=O) groups excluding carboxylic acids is 2. The van der Waals surface area contributed by atoms with Gasteiger partial charge in [-0.2, -0.15) is 0 Å². The number of ether oxygens (including phenoxy) is 2. The zero-order valence-electron chi connectivity index (χ0n) is 20.6. The van der Waals surface area contributed by atoms with Gasteiger partial charge in [-0.1, -0.05) is 41.9 Å². The SMILES string of the molecule is O=C(COC(=O)c1ccccc1S(=O)(=O)c1ccccc1[N+](=O)[O-])c1ccc(Oc2c(Cl)cccc2[N+](=O)[O-])cc1. The predicted octanol–water partition coefficient (Wildman–Crippen LogP) is 5.82. The van der Waals surface area contributed by atoms with E-state index in [4.69, 9.17) is 21.1 Å². The van der Waals surface area contributed by atoms with E-state index in [1.165, 1.54) is 66.7 Å². The van der Waals surface area contributed by atoms with Crippen LogP contribution in [0.5, 0.6) is 11.5 Å². The first-order chi connectivity index (χ1) is 19.5. The van der Waals surface area contributed by atoms with E-state index in [2.05, 4.69) is 0 Å². The van der Waals surface area contributed by atoms with Gasteiger partial charge in [0.05, 0.1) is 25.3 Å². The summed E-state index contributed by atoms with van der Waals surface area (Å²) in [7, 11) is -4.52. The number of ketones is 1. The van der Waals surface area contributed by atoms with E-state index < -0.39 is 59.1 Å². The zero-order valence-corrected chi connectivity index (χ0v) is 22.2. The molecule has 4 aromatic rings. The molecule has 0 spiro atoms. The van der Waals surface area contributed by atoms with Crippen molar-refractivity contribution in [2.75, 3.05) is 6.61 Å². The number of esters is 1. The van der Waals surface area contributed by atoms with Gasteiger partial charge >= 0.3 is 11.7 Å². The fraction of sp³-hybridized carbons (Fsp3) is 0.0370. The number of hydrogen-bond donors (Lipinski definition) is 0. The molecule has 12 nitrogen and oxygen atoms in total. The minimum absolute atomic E-state index is 0.00966. The Morgan fingerprint density at radius 1 is 0.756 bits per heavy atom. The van der Waals surface area contributed by atoms with Gasteiger partial charge in [-0.3, -0.25) is 25.0 Å². The lowest BCUT2D eigenvalue weighted by Gasteiger charge is -2.11. The van der Waals surface area contributed by atoms with Gasteiger partial charge < -0.3 is 9.47 Å². The molecule has 14 heteroatoms. The van der Waals surface area contributed by atoms with Crippen molar-refractivity contribution >= 4 is 44.6 Å². The van der Waals surface area contributed by atoms with E-state index in [0.29, 0.717) is 0 Å². The number of nitrogens with zero attached hydrogens (tertiary/aromatic N) is 2. The summed E-state index contributed by atoms with van der Waals surface area (Å²) < 4.78 is 37.1. The van der Waals surface area contributed by atoms with E-state index in [1.54, 1.807) is 0 Å². The standard InChI is InChI=1S/C27H17ClN2O10S/c28-20-7-5-9-22(30(35)36)26(20)40-18-14-12-17(13-15-18)23(31)16-39-27(32)19-6-1-3-10-24(19)41(37,38)25-11-4-2-8-21(25)29(33)34/h1-15H,16H2. The Bertz CT molecular complexity index is 1790. The lowest BCUT2D eigenvalue weighted by Crippen LogP contribution is -2.17. The molecule has 208 valence electrons. The van der Waals surface area contributed by atoms with Crippen LogP contribution in [0.2, 0.25) is 5.02 Å². The summed E-state index contributed by atoms with van der Waals surface area (Å²) in [5, 5.41) is 22.6. The van der Waals surface area contributed by atoms with Crippen LogP contribution < -0.4 is 4.74 Å². The molecule has 41 heavy (non-hydrogen) atoms. The lowest BCUT2D eigenvalue weighted by atomic mass is 10.1. The van der Waals surface area contributed by atoms with Crippen LogP contribution in [0.25, 0.3) is 0 Å². The van der Waals surface area contributed by atoms with Gasteiger partial charge in [-0.15, -0.1) is 0 Å². The van der Waals surface area contributed by atoms with Gasteiger partial charge in [0, 0.05) is 17.7 Å². The molecule has 0 bridgehead atoms. The molecule has 0 radical (unpaired) electrons. The number of Topliss-reactive ketones (excluding diaryl/α,β-unsaturated/α-hetero) is 1. The van der Waals surface area contributed by atoms with Crippen LogP contribution in [0.4, 0.5) is 11.4 Å². The Morgan fingerprint density at radius 3 is 2.00 bits per heavy atom. The van der Waals surface area contributed by atoms with Crippen molar-refractivity contribution in [1.82, 2.24) is 0 Å². The quantitative estimate of drug-likeness (QED) is 0.0938. The molecule has 0 aliphatic rings. The molecule has 0 amide bonds. The Morgan fingerprint density at radius 2 is 1.34 bits per heavy atom. The molecule has 0 aliphatic carbocycles. The van der Waals surface area contributed by atoms with Crippen molar-refractivity contribution in [3.05, 3.63) is 127 Å². The highest BCUT2D eigenvalue weighted by atomic mass is 35.5. The van der Waals surface area contributed by atoms with Gasteiger partial charge in [-0.05, 0) is 48.5 Å². The smallest absolute Gasteiger partial charge is 0.339 e. The van der Waals surface area contributed by atoms with Crippen LogP contribution in [0, 0.1) is 20.2 Å². The van der Waals surface area contributed by atoms with Gasteiger partial charge in [0.15, 0.2) is 12.4 Å². The molecule has 0 saturated heterocycles. The summed E-state index contributed by atoms with van der Waals surface area (Å²) in [6, 6.07) is 19.1. The molecule has 0 N–H and O–H groups in total. The second-order valence-corrected chi connectivity index (χ2v) is 10.5. The summed E-state index contributed by atoms with van der Waals surface area (Å²) in [5.74, 6) is -1.82. The molecule has 0 aromatic heterocycles. The third-order valence-corrected chi connectivity index (χ3v) is 7.78. The van der Waals surface area contributed by atoms with Crippen LogP contribution >= 0.6 is 11.6 Å². The number of sulfone groups is 1. The molecule has 0 saturated carbocycles. The van der Waals surface area contributed by atoms with Crippen molar-refractivity contribution < 1.29 is 37.3 Å². The molecule has 4 rings (SSSR count). The number of hydrogen-bond acceptors (Lipinski definition) is 10. The maximum Gasteiger partial charge on any atom is 0.339 e. The third kappa shape index (κ3) is 6.21. The van der Waals surface area contributed by atoms with Crippen LogP contribution in [-0.4, -0.2) is 36.6 Å². The van der Waals surface area contributed by atoms with Crippen molar-refractivity contribution in [2.24, 2.45) is 0 Å². The molecule has 0 unspecified atom stereocenters. The van der Waals surface area contributed by atoms with E-state index in [-0.39, 0.29) is 27.8 Å². The average Bonchev–Trinajstić information content (AvgIpc) is 2.97. The summed E-state index contributed by atoms with van der Waals surface area (Å²) in [6.45, 7) is -0.755. The van der Waals surface area contributed by atoms with Crippen molar-refractivity contribution in [2.45, 2.75) is 9.79 Å². The van der Waals surface area contributed by atoms with E-state index in [9.17, 15) is 38.2 Å². The topological polar surface area (TPSA) is 173 Å². The average molecular weight is 597 g/mol. The molecule has 0 heterocycles. The summed E-state index contributed by atoms with van der Waals surface area (Å²) in [5.41, 5.74) is -1.33. The fourth-order valence-corrected chi connectivity index (χ4v) is 5.50. The Hall–Kier alpha value is -5.14. The predicted molar refractivity (Wildman–Crippen MR) is 144 cm³/mol. The first kappa shape index (κ1) is 28.9. The van der Waals surface area contributed by atoms with Gasteiger partial charge in [0.25, 0.3) is 5.69 Å². The molecular formula is C27H17ClN2O10S. The number of nitro groups is 2. The minimum Gasteiger partial charge on any atom is -0.454 e. The number of nitro benzene ring substituents is 2. The molecular weight excluding hydrogens is 580 g/mol. The number of benzene rings is 4. The highest BCUT2D eigenvalue weighted by molar-refractivity contribution is 7.91. The molecule has 0 fully saturated rings. The molecule has 0 aliphatic heterocycles.